The third-order valence-corrected chi connectivity index (χ3v) is 3.37. The van der Waals surface area contributed by atoms with E-state index in [0.717, 1.165) is 0 Å². The van der Waals surface area contributed by atoms with Crippen molar-refractivity contribution in [2.45, 2.75) is 6.92 Å². The van der Waals surface area contributed by atoms with Crippen LogP contribution in [0, 0.1) is 17.0 Å². The van der Waals surface area contributed by atoms with Crippen LogP contribution in [0.5, 0.6) is 0 Å². The minimum Gasteiger partial charge on any atom is -0.465 e. The van der Waals surface area contributed by atoms with Gasteiger partial charge in [0, 0.05) is 17.2 Å². The molecule has 1 N–H and O–H groups in total. The van der Waals surface area contributed by atoms with Crippen LogP contribution in [-0.4, -0.2) is 30.1 Å². The Morgan fingerprint density at radius 1 is 1.16 bits per heavy atom. The van der Waals surface area contributed by atoms with Crippen molar-refractivity contribution >= 4 is 23.8 Å². The standard InChI is InChI=1S/C17H15N3O5/c1-11-9-14(7-8-15(11)20(23)24)16(21)19-18-10-12-3-5-13(6-4-12)17(22)25-2/h3-10H,1-2H3,(H,19,21). The quantitative estimate of drug-likeness (QED) is 0.389. The Morgan fingerprint density at radius 3 is 2.36 bits per heavy atom. The van der Waals surface area contributed by atoms with Crippen LogP contribution in [0.4, 0.5) is 5.69 Å². The van der Waals surface area contributed by atoms with Gasteiger partial charge in [0.15, 0.2) is 0 Å². The summed E-state index contributed by atoms with van der Waals surface area (Å²) in [5, 5.41) is 14.6. The molecular weight excluding hydrogens is 326 g/mol. The van der Waals surface area contributed by atoms with Crippen LogP contribution in [0.15, 0.2) is 47.6 Å². The van der Waals surface area contributed by atoms with E-state index in [1.807, 2.05) is 0 Å². The molecule has 1 amide bonds. The number of methoxy groups -OCH3 is 1. The highest BCUT2D eigenvalue weighted by Gasteiger charge is 2.13. The molecule has 0 aromatic heterocycles. The third-order valence-electron chi connectivity index (χ3n) is 3.37. The van der Waals surface area contributed by atoms with Gasteiger partial charge < -0.3 is 4.74 Å². The summed E-state index contributed by atoms with van der Waals surface area (Å²) in [5.41, 5.74) is 4.03. The minimum atomic E-state index is -0.507. The zero-order valence-electron chi connectivity index (χ0n) is 13.6. The number of esters is 1. The first-order valence-electron chi connectivity index (χ1n) is 7.19. The molecule has 8 heteroatoms. The van der Waals surface area contributed by atoms with Gasteiger partial charge in [0.1, 0.15) is 0 Å². The molecule has 2 rings (SSSR count). The molecular formula is C17H15N3O5. The van der Waals surface area contributed by atoms with E-state index in [-0.39, 0.29) is 11.3 Å². The Morgan fingerprint density at radius 2 is 1.80 bits per heavy atom. The number of nitro groups is 1. The number of carbonyl (C=O) groups is 2. The minimum absolute atomic E-state index is 0.0502. The van der Waals surface area contributed by atoms with Gasteiger partial charge in [-0.2, -0.15) is 5.10 Å². The van der Waals surface area contributed by atoms with Crippen LogP contribution in [0.1, 0.15) is 31.8 Å². The van der Waals surface area contributed by atoms with Gasteiger partial charge in [0.25, 0.3) is 11.6 Å². The molecule has 2 aromatic rings. The molecule has 0 atom stereocenters. The lowest BCUT2D eigenvalue weighted by Gasteiger charge is -2.02. The van der Waals surface area contributed by atoms with Crippen molar-refractivity contribution in [2.75, 3.05) is 7.11 Å². The normalized spacial score (nSPS) is 10.5. The number of amides is 1. The molecule has 0 fully saturated rings. The second-order valence-corrected chi connectivity index (χ2v) is 5.07. The van der Waals surface area contributed by atoms with Crippen LogP contribution in [0.3, 0.4) is 0 Å². The SMILES string of the molecule is COC(=O)c1ccc(C=NNC(=O)c2ccc([N+](=O)[O-])c(C)c2)cc1. The van der Waals surface area contributed by atoms with Gasteiger partial charge in [-0.05, 0) is 36.8 Å². The summed E-state index contributed by atoms with van der Waals surface area (Å²) in [6.45, 7) is 1.56. The molecule has 0 bridgehead atoms. The zero-order chi connectivity index (χ0) is 18.4. The van der Waals surface area contributed by atoms with Crippen LogP contribution in [0.2, 0.25) is 0 Å². The van der Waals surface area contributed by atoms with E-state index < -0.39 is 16.8 Å². The number of aryl methyl sites for hydroxylation is 1. The van der Waals surface area contributed by atoms with Gasteiger partial charge >= 0.3 is 5.97 Å². The molecule has 0 aliphatic heterocycles. The second kappa shape index (κ2) is 7.82. The largest absolute Gasteiger partial charge is 0.465 e. The van der Waals surface area contributed by atoms with Crippen LogP contribution < -0.4 is 5.43 Å². The summed E-state index contributed by atoms with van der Waals surface area (Å²) in [6.07, 6.45) is 1.41. The average Bonchev–Trinajstić information content (AvgIpc) is 2.61. The van der Waals surface area contributed by atoms with Crippen molar-refractivity contribution in [1.82, 2.24) is 5.43 Å². The fourth-order valence-corrected chi connectivity index (χ4v) is 2.05. The second-order valence-electron chi connectivity index (χ2n) is 5.07. The van der Waals surface area contributed by atoms with Gasteiger partial charge in [-0.1, -0.05) is 12.1 Å². The maximum Gasteiger partial charge on any atom is 0.337 e. The van der Waals surface area contributed by atoms with Crippen molar-refractivity contribution < 1.29 is 19.2 Å². The summed E-state index contributed by atoms with van der Waals surface area (Å²) in [4.78, 5) is 33.6. The Bertz CT molecular complexity index is 844. The zero-order valence-corrected chi connectivity index (χ0v) is 13.6. The number of nitro benzene ring substituents is 1. The molecule has 0 heterocycles. The van der Waals surface area contributed by atoms with E-state index in [0.29, 0.717) is 16.7 Å². The third kappa shape index (κ3) is 4.47. The molecule has 128 valence electrons. The number of nitrogens with zero attached hydrogens (tertiary/aromatic N) is 2. The maximum atomic E-state index is 12.0. The van der Waals surface area contributed by atoms with Crippen molar-refractivity contribution in [3.05, 3.63) is 74.8 Å². The Hall–Kier alpha value is -3.55. The van der Waals surface area contributed by atoms with Gasteiger partial charge in [0.2, 0.25) is 0 Å². The Balaban J connectivity index is 2.02. The molecule has 25 heavy (non-hydrogen) atoms. The fraction of sp³-hybridized carbons (Fsp3) is 0.118. The van der Waals surface area contributed by atoms with Crippen LogP contribution in [-0.2, 0) is 4.74 Å². The number of rotatable bonds is 5. The highest BCUT2D eigenvalue weighted by atomic mass is 16.6. The van der Waals surface area contributed by atoms with Gasteiger partial charge in [-0.3, -0.25) is 14.9 Å². The van der Waals surface area contributed by atoms with E-state index in [9.17, 15) is 19.7 Å². The van der Waals surface area contributed by atoms with Crippen LogP contribution in [0.25, 0.3) is 0 Å². The lowest BCUT2D eigenvalue weighted by Crippen LogP contribution is -2.17. The van der Waals surface area contributed by atoms with E-state index in [4.69, 9.17) is 0 Å². The van der Waals surface area contributed by atoms with Crippen molar-refractivity contribution in [3.8, 4) is 0 Å². The summed E-state index contributed by atoms with van der Waals surface area (Å²) >= 11 is 0. The molecule has 0 radical (unpaired) electrons. The molecule has 8 nitrogen and oxygen atoms in total. The van der Waals surface area contributed by atoms with E-state index in [1.54, 1.807) is 31.2 Å². The summed E-state index contributed by atoms with van der Waals surface area (Å²) in [6, 6.07) is 10.5. The highest BCUT2D eigenvalue weighted by molar-refractivity contribution is 5.95. The summed E-state index contributed by atoms with van der Waals surface area (Å²) in [7, 11) is 1.30. The van der Waals surface area contributed by atoms with Crippen molar-refractivity contribution in [2.24, 2.45) is 5.10 Å². The van der Waals surface area contributed by atoms with Gasteiger partial charge in [0.05, 0.1) is 23.8 Å². The van der Waals surface area contributed by atoms with Gasteiger partial charge in [-0.25, -0.2) is 10.2 Å². The number of ether oxygens (including phenoxy) is 1. The lowest BCUT2D eigenvalue weighted by atomic mass is 10.1. The van der Waals surface area contributed by atoms with Crippen LogP contribution >= 0.6 is 0 Å². The highest BCUT2D eigenvalue weighted by Crippen LogP contribution is 2.18. The monoisotopic (exact) mass is 341 g/mol. The topological polar surface area (TPSA) is 111 Å². The number of benzene rings is 2. The summed E-state index contributed by atoms with van der Waals surface area (Å²) < 4.78 is 4.60. The smallest absolute Gasteiger partial charge is 0.337 e. The Labute approximate surface area is 143 Å². The number of hydrogen-bond acceptors (Lipinski definition) is 6. The first-order chi connectivity index (χ1) is 11.9. The molecule has 0 aliphatic rings. The predicted molar refractivity (Wildman–Crippen MR) is 90.7 cm³/mol. The lowest BCUT2D eigenvalue weighted by molar-refractivity contribution is -0.385. The van der Waals surface area contributed by atoms with Gasteiger partial charge in [-0.15, -0.1) is 0 Å². The fourth-order valence-electron chi connectivity index (χ4n) is 2.05. The number of hydrogen-bond donors (Lipinski definition) is 1. The molecule has 0 spiro atoms. The average molecular weight is 341 g/mol. The molecule has 0 aliphatic carbocycles. The van der Waals surface area contributed by atoms with E-state index >= 15 is 0 Å². The predicted octanol–water partition coefficient (Wildman–Crippen LogP) is 2.45. The number of nitrogens with one attached hydrogen (secondary N) is 1. The number of hydrazone groups is 1. The number of carbonyl (C=O) groups excluding carboxylic acids is 2. The maximum absolute atomic E-state index is 12.0. The van der Waals surface area contributed by atoms with Crippen molar-refractivity contribution in [3.63, 3.8) is 0 Å². The first-order valence-corrected chi connectivity index (χ1v) is 7.19. The molecule has 0 unspecified atom stereocenters. The molecule has 0 saturated carbocycles. The molecule has 0 saturated heterocycles. The Kier molecular flexibility index (Phi) is 5.57. The van der Waals surface area contributed by atoms with Crippen molar-refractivity contribution in [1.29, 1.82) is 0 Å². The molecule has 2 aromatic carbocycles. The first kappa shape index (κ1) is 17.8. The van der Waals surface area contributed by atoms with E-state index in [1.165, 1.54) is 31.5 Å². The van der Waals surface area contributed by atoms with E-state index in [2.05, 4.69) is 15.3 Å². The summed E-state index contributed by atoms with van der Waals surface area (Å²) in [5.74, 6) is -0.925.